The summed E-state index contributed by atoms with van der Waals surface area (Å²) in [5.41, 5.74) is 4.61. The van der Waals surface area contributed by atoms with Gasteiger partial charge in [0.1, 0.15) is 0 Å². The molecule has 0 spiro atoms. The van der Waals surface area contributed by atoms with Crippen LogP contribution < -0.4 is 5.32 Å². The Balaban J connectivity index is 2.13. The molecule has 0 aliphatic rings. The summed E-state index contributed by atoms with van der Waals surface area (Å²) in [5.74, 6) is 0. The first-order chi connectivity index (χ1) is 8.56. The van der Waals surface area contributed by atoms with Crippen LogP contribution in [0.5, 0.6) is 0 Å². The molecule has 2 aromatic carbocycles. The molecular formula is C15H15BrClN. The van der Waals surface area contributed by atoms with Crippen LogP contribution in [0.3, 0.4) is 0 Å². The SMILES string of the molecule is Cc1ccc(CNc2cc(C)ccc2Br)c(Cl)c1. The summed E-state index contributed by atoms with van der Waals surface area (Å²) >= 11 is 9.75. The van der Waals surface area contributed by atoms with Gasteiger partial charge in [0.2, 0.25) is 0 Å². The average molecular weight is 325 g/mol. The number of aryl methyl sites for hydroxylation is 2. The number of anilines is 1. The second-order valence-corrected chi connectivity index (χ2v) is 5.69. The zero-order chi connectivity index (χ0) is 13.1. The van der Waals surface area contributed by atoms with Gasteiger partial charge in [0.25, 0.3) is 0 Å². The molecule has 1 N–H and O–H groups in total. The molecule has 0 saturated carbocycles. The summed E-state index contributed by atoms with van der Waals surface area (Å²) in [6.45, 7) is 4.85. The van der Waals surface area contributed by atoms with Crippen molar-refractivity contribution in [1.29, 1.82) is 0 Å². The predicted molar refractivity (Wildman–Crippen MR) is 82.4 cm³/mol. The van der Waals surface area contributed by atoms with Crippen molar-refractivity contribution in [2.24, 2.45) is 0 Å². The second kappa shape index (κ2) is 5.77. The summed E-state index contributed by atoms with van der Waals surface area (Å²) in [4.78, 5) is 0. The largest absolute Gasteiger partial charge is 0.380 e. The number of benzene rings is 2. The van der Waals surface area contributed by atoms with Crippen LogP contribution in [-0.4, -0.2) is 0 Å². The standard InChI is InChI=1S/C15H15BrClN/c1-10-3-5-12(14(17)7-10)9-18-15-8-11(2)4-6-13(15)16/h3-8,18H,9H2,1-2H3. The highest BCUT2D eigenvalue weighted by Gasteiger charge is 2.03. The third-order valence-corrected chi connectivity index (χ3v) is 3.84. The minimum Gasteiger partial charge on any atom is -0.380 e. The minimum absolute atomic E-state index is 0.723. The summed E-state index contributed by atoms with van der Waals surface area (Å²) in [6, 6.07) is 12.4. The number of nitrogens with one attached hydrogen (secondary N) is 1. The van der Waals surface area contributed by atoms with Crippen LogP contribution in [0, 0.1) is 13.8 Å². The third-order valence-electron chi connectivity index (χ3n) is 2.80. The van der Waals surface area contributed by atoms with Crippen LogP contribution in [0.2, 0.25) is 5.02 Å². The molecule has 18 heavy (non-hydrogen) atoms. The van der Waals surface area contributed by atoms with E-state index in [9.17, 15) is 0 Å². The molecule has 2 aromatic rings. The van der Waals surface area contributed by atoms with Crippen molar-refractivity contribution in [3.63, 3.8) is 0 Å². The lowest BCUT2D eigenvalue weighted by Gasteiger charge is -2.11. The van der Waals surface area contributed by atoms with Crippen molar-refractivity contribution >= 4 is 33.2 Å². The summed E-state index contributed by atoms with van der Waals surface area (Å²) < 4.78 is 1.07. The maximum absolute atomic E-state index is 6.22. The Morgan fingerprint density at radius 3 is 2.44 bits per heavy atom. The van der Waals surface area contributed by atoms with Gasteiger partial charge in [-0.15, -0.1) is 0 Å². The monoisotopic (exact) mass is 323 g/mol. The van der Waals surface area contributed by atoms with Gasteiger partial charge in [-0.2, -0.15) is 0 Å². The van der Waals surface area contributed by atoms with E-state index in [4.69, 9.17) is 11.6 Å². The highest BCUT2D eigenvalue weighted by molar-refractivity contribution is 9.10. The average Bonchev–Trinajstić information content (AvgIpc) is 2.32. The Morgan fingerprint density at radius 1 is 1.06 bits per heavy atom. The minimum atomic E-state index is 0.723. The molecule has 94 valence electrons. The summed E-state index contributed by atoms with van der Waals surface area (Å²) in [7, 11) is 0. The fourth-order valence-corrected chi connectivity index (χ4v) is 2.45. The van der Waals surface area contributed by atoms with E-state index in [0.29, 0.717) is 0 Å². The van der Waals surface area contributed by atoms with E-state index in [0.717, 1.165) is 27.3 Å². The van der Waals surface area contributed by atoms with Crippen LogP contribution in [0.4, 0.5) is 5.69 Å². The molecular weight excluding hydrogens is 310 g/mol. The molecule has 3 heteroatoms. The number of hydrogen-bond acceptors (Lipinski definition) is 1. The molecule has 0 amide bonds. The van der Waals surface area contributed by atoms with Crippen molar-refractivity contribution in [2.45, 2.75) is 20.4 Å². The smallest absolute Gasteiger partial charge is 0.0489 e. The summed E-state index contributed by atoms with van der Waals surface area (Å²) in [5, 5.41) is 4.21. The Labute approximate surface area is 121 Å². The zero-order valence-corrected chi connectivity index (χ0v) is 12.8. The maximum Gasteiger partial charge on any atom is 0.0489 e. The molecule has 0 aliphatic carbocycles. The van der Waals surface area contributed by atoms with E-state index in [2.05, 4.69) is 58.5 Å². The van der Waals surface area contributed by atoms with E-state index in [1.807, 2.05) is 13.0 Å². The molecule has 2 rings (SSSR count). The molecule has 0 fully saturated rings. The lowest BCUT2D eigenvalue weighted by atomic mass is 10.1. The number of hydrogen-bond donors (Lipinski definition) is 1. The maximum atomic E-state index is 6.22. The molecule has 0 atom stereocenters. The Bertz CT molecular complexity index is 566. The van der Waals surface area contributed by atoms with Crippen molar-refractivity contribution < 1.29 is 0 Å². The van der Waals surface area contributed by atoms with Gasteiger partial charge in [-0.25, -0.2) is 0 Å². The third kappa shape index (κ3) is 3.27. The molecule has 0 aromatic heterocycles. The molecule has 0 unspecified atom stereocenters. The molecule has 0 bridgehead atoms. The van der Waals surface area contributed by atoms with Crippen molar-refractivity contribution in [2.75, 3.05) is 5.32 Å². The molecule has 1 nitrogen and oxygen atoms in total. The van der Waals surface area contributed by atoms with Crippen LogP contribution in [-0.2, 0) is 6.54 Å². The van der Waals surface area contributed by atoms with Crippen LogP contribution in [0.15, 0.2) is 40.9 Å². The van der Waals surface area contributed by atoms with Crippen LogP contribution >= 0.6 is 27.5 Å². The first-order valence-electron chi connectivity index (χ1n) is 5.81. The Hall–Kier alpha value is -0.990. The molecule has 0 heterocycles. The van der Waals surface area contributed by atoms with Gasteiger partial charge in [-0.05, 0) is 64.7 Å². The quantitative estimate of drug-likeness (QED) is 0.804. The van der Waals surface area contributed by atoms with Crippen LogP contribution in [0.25, 0.3) is 0 Å². The van der Waals surface area contributed by atoms with E-state index in [1.54, 1.807) is 0 Å². The van der Waals surface area contributed by atoms with Gasteiger partial charge in [-0.3, -0.25) is 0 Å². The lowest BCUT2D eigenvalue weighted by molar-refractivity contribution is 1.14. The number of halogens is 2. The Kier molecular flexibility index (Phi) is 4.31. The normalized spacial score (nSPS) is 10.4. The fourth-order valence-electron chi connectivity index (χ4n) is 1.76. The topological polar surface area (TPSA) is 12.0 Å². The zero-order valence-electron chi connectivity index (χ0n) is 10.4. The van der Waals surface area contributed by atoms with E-state index >= 15 is 0 Å². The van der Waals surface area contributed by atoms with E-state index in [-0.39, 0.29) is 0 Å². The van der Waals surface area contributed by atoms with Gasteiger partial charge in [-0.1, -0.05) is 29.8 Å². The second-order valence-electron chi connectivity index (χ2n) is 4.43. The Morgan fingerprint density at radius 2 is 1.72 bits per heavy atom. The molecule has 0 aliphatic heterocycles. The van der Waals surface area contributed by atoms with Gasteiger partial charge >= 0.3 is 0 Å². The molecule has 0 saturated heterocycles. The van der Waals surface area contributed by atoms with Gasteiger partial charge in [0.05, 0.1) is 0 Å². The molecule has 0 radical (unpaired) electrons. The first-order valence-corrected chi connectivity index (χ1v) is 6.98. The van der Waals surface area contributed by atoms with Crippen LogP contribution in [0.1, 0.15) is 16.7 Å². The fraction of sp³-hybridized carbons (Fsp3) is 0.200. The highest BCUT2D eigenvalue weighted by atomic mass is 79.9. The van der Waals surface area contributed by atoms with Gasteiger partial charge in [0.15, 0.2) is 0 Å². The predicted octanol–water partition coefficient (Wildman–Crippen LogP) is 5.33. The van der Waals surface area contributed by atoms with Crippen molar-refractivity contribution in [3.05, 3.63) is 62.6 Å². The highest BCUT2D eigenvalue weighted by Crippen LogP contribution is 2.25. The van der Waals surface area contributed by atoms with Gasteiger partial charge in [0, 0.05) is 21.7 Å². The summed E-state index contributed by atoms with van der Waals surface area (Å²) in [6.07, 6.45) is 0. The first kappa shape index (κ1) is 13.4. The van der Waals surface area contributed by atoms with Crippen molar-refractivity contribution in [1.82, 2.24) is 0 Å². The van der Waals surface area contributed by atoms with E-state index in [1.165, 1.54) is 11.1 Å². The van der Waals surface area contributed by atoms with Gasteiger partial charge < -0.3 is 5.32 Å². The lowest BCUT2D eigenvalue weighted by Crippen LogP contribution is -2.01. The van der Waals surface area contributed by atoms with Crippen molar-refractivity contribution in [3.8, 4) is 0 Å². The number of rotatable bonds is 3. The van der Waals surface area contributed by atoms with E-state index < -0.39 is 0 Å².